The number of nitrogens with zero attached hydrogens (tertiary/aromatic N) is 1. The minimum absolute atomic E-state index is 0.227. The molecule has 0 aliphatic rings. The van der Waals surface area contributed by atoms with Crippen LogP contribution in [0.5, 0.6) is 5.75 Å². The molecule has 0 aromatic heterocycles. The van der Waals surface area contributed by atoms with Crippen LogP contribution in [0.2, 0.25) is 0 Å². The van der Waals surface area contributed by atoms with E-state index in [1.165, 1.54) is 4.90 Å². The predicted octanol–water partition coefficient (Wildman–Crippen LogP) is 4.97. The van der Waals surface area contributed by atoms with Crippen LogP contribution in [-0.2, 0) is 20.7 Å². The number of nitrogens with one attached hydrogen (secondary N) is 2. The first kappa shape index (κ1) is 28.2. The van der Waals surface area contributed by atoms with Gasteiger partial charge in [-0.05, 0) is 56.2 Å². The van der Waals surface area contributed by atoms with Crippen molar-refractivity contribution in [3.63, 3.8) is 0 Å². The summed E-state index contributed by atoms with van der Waals surface area (Å²) in [6, 6.07) is 23.4. The lowest BCUT2D eigenvalue weighted by Crippen LogP contribution is -2.52. The number of hydrogen-bond acceptors (Lipinski definition) is 5. The van der Waals surface area contributed by atoms with E-state index in [-0.39, 0.29) is 6.42 Å². The summed E-state index contributed by atoms with van der Waals surface area (Å²) >= 11 is 0. The first-order valence-electron chi connectivity index (χ1n) is 12.4. The van der Waals surface area contributed by atoms with Crippen LogP contribution in [-0.4, -0.2) is 48.6 Å². The van der Waals surface area contributed by atoms with Crippen molar-refractivity contribution in [2.75, 3.05) is 19.5 Å². The Kier molecular flexibility index (Phi) is 9.49. The number of carbonyl (C=O) groups is 3. The number of carbonyl (C=O) groups excluding carboxylic acids is 3. The molecule has 2 N–H and O–H groups in total. The zero-order chi connectivity index (χ0) is 27.7. The molecule has 0 saturated carbocycles. The molecule has 8 nitrogen and oxygen atoms in total. The highest BCUT2D eigenvalue weighted by Gasteiger charge is 2.34. The van der Waals surface area contributed by atoms with E-state index >= 15 is 0 Å². The molecule has 0 radical (unpaired) electrons. The predicted molar refractivity (Wildman–Crippen MR) is 147 cm³/mol. The first-order valence-corrected chi connectivity index (χ1v) is 12.4. The largest absolute Gasteiger partial charge is 0.497 e. The molecule has 0 aliphatic heterocycles. The Bertz CT molecular complexity index is 1210. The number of rotatable bonds is 9. The molecule has 38 heavy (non-hydrogen) atoms. The van der Waals surface area contributed by atoms with Crippen LogP contribution in [0.25, 0.3) is 0 Å². The Morgan fingerprint density at radius 1 is 0.868 bits per heavy atom. The first-order chi connectivity index (χ1) is 18.1. The van der Waals surface area contributed by atoms with Gasteiger partial charge in [0.05, 0.1) is 7.11 Å². The lowest BCUT2D eigenvalue weighted by Gasteiger charge is -2.31. The van der Waals surface area contributed by atoms with Gasteiger partial charge in [-0.25, -0.2) is 4.79 Å². The number of benzene rings is 3. The second-order valence-electron chi connectivity index (χ2n) is 9.87. The molecule has 3 aromatic rings. The average molecular weight is 518 g/mol. The van der Waals surface area contributed by atoms with E-state index in [0.717, 1.165) is 5.56 Å². The van der Waals surface area contributed by atoms with Gasteiger partial charge in [0.2, 0.25) is 5.91 Å². The smallest absolute Gasteiger partial charge is 0.408 e. The number of methoxy groups -OCH3 is 1. The van der Waals surface area contributed by atoms with E-state index in [0.29, 0.717) is 17.0 Å². The molecule has 0 heterocycles. The minimum atomic E-state index is -0.961. The van der Waals surface area contributed by atoms with Crippen molar-refractivity contribution < 1.29 is 23.9 Å². The standard InChI is InChI=1S/C30H35N3O5/c1-30(2,3)38-29(36)32-25(20-21-12-8-6-9-13-21)28(35)33(4)26(22-14-10-7-11-15-22)27(34)31-23-16-18-24(37-5)19-17-23/h6-19,25-26H,20H2,1-5H3,(H,31,34)(H,32,36). The molecule has 2 unspecified atom stereocenters. The normalized spacial score (nSPS) is 12.6. The fourth-order valence-electron chi connectivity index (χ4n) is 3.94. The van der Waals surface area contributed by atoms with E-state index < -0.39 is 35.6 Å². The number of hydrogen-bond donors (Lipinski definition) is 2. The summed E-state index contributed by atoms with van der Waals surface area (Å²) in [5.41, 5.74) is 1.31. The summed E-state index contributed by atoms with van der Waals surface area (Å²) in [4.78, 5) is 41.4. The molecular weight excluding hydrogens is 482 g/mol. The summed E-state index contributed by atoms with van der Waals surface area (Å²) in [5.74, 6) is -0.168. The number of likely N-dealkylation sites (N-methyl/N-ethyl adjacent to an activating group) is 1. The van der Waals surface area contributed by atoms with E-state index in [1.807, 2.05) is 48.5 Å². The second kappa shape index (κ2) is 12.8. The Labute approximate surface area is 223 Å². The van der Waals surface area contributed by atoms with Crippen LogP contribution in [0.3, 0.4) is 0 Å². The molecule has 0 bridgehead atoms. The van der Waals surface area contributed by atoms with E-state index in [1.54, 1.807) is 71.3 Å². The highest BCUT2D eigenvalue weighted by molar-refractivity contribution is 5.99. The van der Waals surface area contributed by atoms with Crippen molar-refractivity contribution in [3.05, 3.63) is 96.1 Å². The Balaban J connectivity index is 1.89. The summed E-state index contributed by atoms with van der Waals surface area (Å²) in [5, 5.41) is 5.60. The summed E-state index contributed by atoms with van der Waals surface area (Å²) in [6.45, 7) is 5.25. The topological polar surface area (TPSA) is 97.0 Å². The molecule has 8 heteroatoms. The van der Waals surface area contributed by atoms with Gasteiger partial charge >= 0.3 is 6.09 Å². The third-order valence-electron chi connectivity index (χ3n) is 5.73. The fourth-order valence-corrected chi connectivity index (χ4v) is 3.94. The van der Waals surface area contributed by atoms with Gasteiger partial charge in [-0.2, -0.15) is 0 Å². The molecule has 0 saturated heterocycles. The number of amides is 3. The van der Waals surface area contributed by atoms with Crippen LogP contribution in [0.15, 0.2) is 84.9 Å². The van der Waals surface area contributed by atoms with Gasteiger partial charge in [0.1, 0.15) is 23.4 Å². The van der Waals surface area contributed by atoms with E-state index in [2.05, 4.69) is 10.6 Å². The molecule has 3 amide bonds. The molecule has 2 atom stereocenters. The molecule has 200 valence electrons. The molecule has 3 rings (SSSR count). The summed E-state index contributed by atoms with van der Waals surface area (Å²) in [7, 11) is 3.12. The zero-order valence-corrected chi connectivity index (χ0v) is 22.4. The molecule has 0 aliphatic carbocycles. The van der Waals surface area contributed by atoms with Gasteiger partial charge in [-0.1, -0.05) is 60.7 Å². The van der Waals surface area contributed by atoms with Crippen molar-refractivity contribution in [3.8, 4) is 5.75 Å². The van der Waals surface area contributed by atoms with Gasteiger partial charge in [-0.15, -0.1) is 0 Å². The lowest BCUT2D eigenvalue weighted by molar-refractivity contribution is -0.139. The third-order valence-corrected chi connectivity index (χ3v) is 5.73. The van der Waals surface area contributed by atoms with Crippen molar-refractivity contribution in [1.29, 1.82) is 0 Å². The van der Waals surface area contributed by atoms with Crippen LogP contribution < -0.4 is 15.4 Å². The van der Waals surface area contributed by atoms with Gasteiger partial charge in [0.15, 0.2) is 0 Å². The van der Waals surface area contributed by atoms with Gasteiger partial charge in [-0.3, -0.25) is 9.59 Å². The van der Waals surface area contributed by atoms with Crippen molar-refractivity contribution >= 4 is 23.6 Å². The van der Waals surface area contributed by atoms with Crippen LogP contribution >= 0.6 is 0 Å². The summed E-state index contributed by atoms with van der Waals surface area (Å²) < 4.78 is 10.6. The van der Waals surface area contributed by atoms with Crippen LogP contribution in [0.1, 0.15) is 37.9 Å². The van der Waals surface area contributed by atoms with Crippen molar-refractivity contribution in [1.82, 2.24) is 10.2 Å². The van der Waals surface area contributed by atoms with Crippen molar-refractivity contribution in [2.24, 2.45) is 0 Å². The van der Waals surface area contributed by atoms with Crippen molar-refractivity contribution in [2.45, 2.75) is 44.9 Å². The Morgan fingerprint density at radius 3 is 2.00 bits per heavy atom. The second-order valence-corrected chi connectivity index (χ2v) is 9.87. The molecular formula is C30H35N3O5. The zero-order valence-electron chi connectivity index (χ0n) is 22.4. The quantitative estimate of drug-likeness (QED) is 0.418. The number of ether oxygens (including phenoxy) is 2. The Morgan fingerprint density at radius 2 is 1.45 bits per heavy atom. The maximum absolute atomic E-state index is 13.9. The Hall–Kier alpha value is -4.33. The molecule has 3 aromatic carbocycles. The summed E-state index contributed by atoms with van der Waals surface area (Å²) in [6.07, 6.45) is -0.482. The lowest BCUT2D eigenvalue weighted by atomic mass is 10.0. The number of anilines is 1. The number of alkyl carbamates (subject to hydrolysis) is 1. The van der Waals surface area contributed by atoms with E-state index in [4.69, 9.17) is 9.47 Å². The van der Waals surface area contributed by atoms with Crippen LogP contribution in [0, 0.1) is 0 Å². The maximum atomic E-state index is 13.9. The molecule has 0 spiro atoms. The highest BCUT2D eigenvalue weighted by Crippen LogP contribution is 2.24. The van der Waals surface area contributed by atoms with Crippen LogP contribution in [0.4, 0.5) is 10.5 Å². The third kappa shape index (κ3) is 8.09. The fraction of sp³-hybridized carbons (Fsp3) is 0.300. The van der Waals surface area contributed by atoms with Gasteiger partial charge in [0, 0.05) is 19.2 Å². The van der Waals surface area contributed by atoms with E-state index in [9.17, 15) is 14.4 Å². The van der Waals surface area contributed by atoms with Gasteiger partial charge in [0.25, 0.3) is 5.91 Å². The maximum Gasteiger partial charge on any atom is 0.408 e. The monoisotopic (exact) mass is 517 g/mol. The van der Waals surface area contributed by atoms with Gasteiger partial charge < -0.3 is 25.0 Å². The average Bonchev–Trinajstić information content (AvgIpc) is 2.88. The highest BCUT2D eigenvalue weighted by atomic mass is 16.6. The minimum Gasteiger partial charge on any atom is -0.497 e. The molecule has 0 fully saturated rings. The SMILES string of the molecule is COc1ccc(NC(=O)C(c2ccccc2)N(C)C(=O)C(Cc2ccccc2)NC(=O)OC(C)(C)C)cc1.